The van der Waals surface area contributed by atoms with Crippen molar-refractivity contribution < 1.29 is 13.2 Å². The van der Waals surface area contributed by atoms with Crippen molar-refractivity contribution in [1.29, 1.82) is 0 Å². The SMILES string of the molecule is Nc1ccc(S(=O)(=O)NC(=O)c2snc(Cl)c2Cl)cc1. The summed E-state index contributed by atoms with van der Waals surface area (Å²) in [6.07, 6.45) is 0. The number of hydrogen-bond acceptors (Lipinski definition) is 6. The highest BCUT2D eigenvalue weighted by molar-refractivity contribution is 7.90. The van der Waals surface area contributed by atoms with Crippen LogP contribution >= 0.6 is 34.7 Å². The first-order chi connectivity index (χ1) is 9.31. The fraction of sp³-hybridized carbons (Fsp3) is 0. The summed E-state index contributed by atoms with van der Waals surface area (Å²) in [5, 5.41) is -0.131. The molecule has 0 aliphatic carbocycles. The van der Waals surface area contributed by atoms with Crippen LogP contribution in [0.4, 0.5) is 5.69 Å². The third kappa shape index (κ3) is 3.04. The first-order valence-corrected chi connectivity index (χ1v) is 8.06. The van der Waals surface area contributed by atoms with Gasteiger partial charge in [0.05, 0.1) is 4.90 Å². The van der Waals surface area contributed by atoms with Gasteiger partial charge in [0.2, 0.25) is 0 Å². The number of carbonyl (C=O) groups is 1. The summed E-state index contributed by atoms with van der Waals surface area (Å²) in [4.78, 5) is 11.7. The molecule has 1 aromatic carbocycles. The number of nitrogen functional groups attached to an aromatic ring is 1. The van der Waals surface area contributed by atoms with E-state index in [9.17, 15) is 13.2 Å². The zero-order valence-corrected chi connectivity index (χ0v) is 12.8. The van der Waals surface area contributed by atoms with E-state index in [1.165, 1.54) is 24.3 Å². The molecule has 0 unspecified atom stereocenters. The molecular formula is C10H7Cl2N3O3S2. The Bertz CT molecular complexity index is 757. The molecule has 2 aromatic rings. The van der Waals surface area contributed by atoms with Crippen LogP contribution in [0.3, 0.4) is 0 Å². The van der Waals surface area contributed by atoms with Crippen LogP contribution < -0.4 is 10.5 Å². The number of nitrogens with two attached hydrogens (primary N) is 1. The fourth-order valence-electron chi connectivity index (χ4n) is 1.27. The Balaban J connectivity index is 2.27. The predicted molar refractivity (Wildman–Crippen MR) is 77.6 cm³/mol. The highest BCUT2D eigenvalue weighted by Crippen LogP contribution is 2.28. The monoisotopic (exact) mass is 351 g/mol. The largest absolute Gasteiger partial charge is 0.399 e. The molecule has 0 bridgehead atoms. The van der Waals surface area contributed by atoms with Gasteiger partial charge in [0, 0.05) is 5.69 Å². The summed E-state index contributed by atoms with van der Waals surface area (Å²) < 4.78 is 29.5. The molecule has 0 radical (unpaired) electrons. The fourth-order valence-corrected chi connectivity index (χ4v) is 3.41. The van der Waals surface area contributed by atoms with E-state index in [1.54, 1.807) is 0 Å². The van der Waals surface area contributed by atoms with Gasteiger partial charge in [0.25, 0.3) is 15.9 Å². The lowest BCUT2D eigenvalue weighted by atomic mass is 10.3. The van der Waals surface area contributed by atoms with Crippen LogP contribution in [0.5, 0.6) is 0 Å². The van der Waals surface area contributed by atoms with Crippen molar-refractivity contribution in [2.45, 2.75) is 4.90 Å². The number of rotatable bonds is 3. The molecule has 0 aliphatic rings. The first kappa shape index (κ1) is 15.0. The molecule has 6 nitrogen and oxygen atoms in total. The summed E-state index contributed by atoms with van der Waals surface area (Å²) >= 11 is 12.1. The molecule has 0 fully saturated rings. The van der Waals surface area contributed by atoms with Gasteiger partial charge in [-0.1, -0.05) is 23.2 Å². The lowest BCUT2D eigenvalue weighted by Crippen LogP contribution is -2.30. The molecule has 1 heterocycles. The van der Waals surface area contributed by atoms with Crippen LogP contribution in [0, 0.1) is 0 Å². The maximum atomic E-state index is 12.0. The zero-order valence-electron chi connectivity index (χ0n) is 9.63. The third-order valence-electron chi connectivity index (χ3n) is 2.22. The minimum Gasteiger partial charge on any atom is -0.399 e. The van der Waals surface area contributed by atoms with Crippen LogP contribution in [0.1, 0.15) is 9.67 Å². The Morgan fingerprint density at radius 1 is 1.25 bits per heavy atom. The van der Waals surface area contributed by atoms with E-state index in [1.807, 2.05) is 4.72 Å². The van der Waals surface area contributed by atoms with E-state index >= 15 is 0 Å². The van der Waals surface area contributed by atoms with E-state index in [-0.39, 0.29) is 19.9 Å². The second kappa shape index (κ2) is 5.57. The summed E-state index contributed by atoms with van der Waals surface area (Å²) in [6.45, 7) is 0. The molecule has 0 atom stereocenters. The van der Waals surface area contributed by atoms with E-state index in [4.69, 9.17) is 28.9 Å². The molecule has 106 valence electrons. The minimum absolute atomic E-state index is 0.0494. The normalized spacial score (nSPS) is 11.3. The first-order valence-electron chi connectivity index (χ1n) is 5.04. The van der Waals surface area contributed by atoms with Crippen molar-refractivity contribution in [2.75, 3.05) is 5.73 Å². The van der Waals surface area contributed by atoms with Crippen LogP contribution in [-0.2, 0) is 10.0 Å². The number of amides is 1. The molecule has 3 N–H and O–H groups in total. The summed E-state index contributed by atoms with van der Waals surface area (Å²) in [7, 11) is -4.01. The number of aromatic nitrogens is 1. The summed E-state index contributed by atoms with van der Waals surface area (Å²) in [6, 6.07) is 5.39. The number of halogens is 2. The number of benzene rings is 1. The minimum atomic E-state index is -4.01. The van der Waals surface area contributed by atoms with Gasteiger partial charge in [-0.05, 0) is 35.8 Å². The Morgan fingerprint density at radius 3 is 2.35 bits per heavy atom. The molecule has 1 amide bonds. The van der Waals surface area contributed by atoms with E-state index in [2.05, 4.69) is 4.37 Å². The van der Waals surface area contributed by atoms with Gasteiger partial charge in [-0.15, -0.1) is 0 Å². The van der Waals surface area contributed by atoms with Crippen LogP contribution in [0.25, 0.3) is 0 Å². The maximum Gasteiger partial charge on any atom is 0.278 e. The number of anilines is 1. The predicted octanol–water partition coefficient (Wildman–Crippen LogP) is 2.15. The van der Waals surface area contributed by atoms with Gasteiger partial charge in [-0.2, -0.15) is 4.37 Å². The zero-order chi connectivity index (χ0) is 14.9. The van der Waals surface area contributed by atoms with Crippen molar-refractivity contribution in [3.63, 3.8) is 0 Å². The molecule has 0 saturated heterocycles. The third-order valence-corrected chi connectivity index (χ3v) is 5.36. The van der Waals surface area contributed by atoms with Gasteiger partial charge in [-0.3, -0.25) is 4.79 Å². The smallest absolute Gasteiger partial charge is 0.278 e. The Morgan fingerprint density at radius 2 is 1.85 bits per heavy atom. The highest BCUT2D eigenvalue weighted by atomic mass is 35.5. The Kier molecular flexibility index (Phi) is 4.19. The topological polar surface area (TPSA) is 102 Å². The van der Waals surface area contributed by atoms with Crippen molar-refractivity contribution in [3.8, 4) is 0 Å². The molecule has 0 aliphatic heterocycles. The molecule has 0 spiro atoms. The molecule has 1 aromatic heterocycles. The average Bonchev–Trinajstić information content (AvgIpc) is 2.70. The molecule has 10 heteroatoms. The quantitative estimate of drug-likeness (QED) is 0.824. The number of sulfonamides is 1. The summed E-state index contributed by atoms with van der Waals surface area (Å²) in [5.41, 5.74) is 5.87. The van der Waals surface area contributed by atoms with Crippen molar-refractivity contribution >= 4 is 56.4 Å². The van der Waals surface area contributed by atoms with E-state index in [0.717, 1.165) is 0 Å². The lowest BCUT2D eigenvalue weighted by molar-refractivity contribution is 0.0985. The van der Waals surface area contributed by atoms with Gasteiger partial charge >= 0.3 is 0 Å². The van der Waals surface area contributed by atoms with E-state index < -0.39 is 15.9 Å². The number of hydrogen-bond donors (Lipinski definition) is 2. The molecule has 0 saturated carbocycles. The Labute approximate surface area is 128 Å². The number of carbonyl (C=O) groups excluding carboxylic acids is 1. The molecule has 2 rings (SSSR count). The molecular weight excluding hydrogens is 345 g/mol. The van der Waals surface area contributed by atoms with Gasteiger partial charge < -0.3 is 5.73 Å². The summed E-state index contributed by atoms with van der Waals surface area (Å²) in [5.74, 6) is -0.892. The molecule has 20 heavy (non-hydrogen) atoms. The van der Waals surface area contributed by atoms with Gasteiger partial charge in [0.15, 0.2) is 5.15 Å². The second-order valence-electron chi connectivity index (χ2n) is 3.62. The maximum absolute atomic E-state index is 12.0. The van der Waals surface area contributed by atoms with Gasteiger partial charge in [-0.25, -0.2) is 13.1 Å². The van der Waals surface area contributed by atoms with Crippen molar-refractivity contribution in [1.82, 2.24) is 9.10 Å². The lowest BCUT2D eigenvalue weighted by Gasteiger charge is -2.06. The van der Waals surface area contributed by atoms with Crippen molar-refractivity contribution in [3.05, 3.63) is 39.3 Å². The van der Waals surface area contributed by atoms with Crippen molar-refractivity contribution in [2.24, 2.45) is 0 Å². The van der Waals surface area contributed by atoms with E-state index in [0.29, 0.717) is 17.2 Å². The van der Waals surface area contributed by atoms with Crippen LogP contribution in [-0.4, -0.2) is 18.7 Å². The average molecular weight is 352 g/mol. The van der Waals surface area contributed by atoms with Crippen LogP contribution in [0.2, 0.25) is 10.2 Å². The number of nitrogens with zero attached hydrogens (tertiary/aromatic N) is 1. The Hall–Kier alpha value is -1.35. The second-order valence-corrected chi connectivity index (χ2v) is 6.81. The van der Waals surface area contributed by atoms with Crippen LogP contribution in [0.15, 0.2) is 29.2 Å². The highest BCUT2D eigenvalue weighted by Gasteiger charge is 2.23. The number of nitrogens with one attached hydrogen (secondary N) is 1. The standard InChI is InChI=1S/C10H7Cl2N3O3S2/c11-7-8(19-14-9(7)12)10(16)15-20(17,18)6-3-1-5(13)2-4-6/h1-4H,13H2,(H,15,16). The van der Waals surface area contributed by atoms with Gasteiger partial charge in [0.1, 0.15) is 9.90 Å².